The van der Waals surface area contributed by atoms with Crippen LogP contribution in [0.2, 0.25) is 0 Å². The van der Waals surface area contributed by atoms with Crippen molar-refractivity contribution in [3.8, 4) is 0 Å². The van der Waals surface area contributed by atoms with Crippen molar-refractivity contribution in [3.63, 3.8) is 0 Å². The molecule has 0 aliphatic heterocycles. The van der Waals surface area contributed by atoms with E-state index in [1.165, 1.54) is 16.1 Å². The summed E-state index contributed by atoms with van der Waals surface area (Å²) in [7, 11) is 0. The maximum Gasteiger partial charge on any atom is 0.0463 e. The minimum atomic E-state index is 1.11. The van der Waals surface area contributed by atoms with Gasteiger partial charge in [0.05, 0.1) is 0 Å². The van der Waals surface area contributed by atoms with Gasteiger partial charge < -0.3 is 5.32 Å². The van der Waals surface area contributed by atoms with Crippen LogP contribution in [-0.4, -0.2) is 0 Å². The van der Waals surface area contributed by atoms with Crippen LogP contribution in [0.4, 0.5) is 5.69 Å². The van der Waals surface area contributed by atoms with Crippen molar-refractivity contribution in [3.05, 3.63) is 65.2 Å². The van der Waals surface area contributed by atoms with E-state index >= 15 is 0 Å². The van der Waals surface area contributed by atoms with Crippen molar-refractivity contribution < 1.29 is 0 Å². The second kappa shape index (κ2) is 12.7. The highest BCUT2D eigenvalue weighted by Gasteiger charge is 2.00. The molecule has 0 saturated heterocycles. The molecule has 0 radical (unpaired) electrons. The lowest BCUT2D eigenvalue weighted by atomic mass is 10.1. The van der Waals surface area contributed by atoms with Crippen molar-refractivity contribution in [1.82, 2.24) is 0 Å². The molecule has 22 heavy (non-hydrogen) atoms. The molecule has 1 heteroatoms. The summed E-state index contributed by atoms with van der Waals surface area (Å²) in [6.45, 7) is 13.8. The molecule has 1 aliphatic rings. The topological polar surface area (TPSA) is 12.0 Å². The van der Waals surface area contributed by atoms with Gasteiger partial charge in [-0.25, -0.2) is 0 Å². The molecule has 1 aromatic rings. The lowest BCUT2D eigenvalue weighted by molar-refractivity contribution is 1.02. The third-order valence-electron chi connectivity index (χ3n) is 3.01. The summed E-state index contributed by atoms with van der Waals surface area (Å²) in [5.74, 6) is 0. The molecule has 1 aliphatic carbocycles. The van der Waals surface area contributed by atoms with Crippen molar-refractivity contribution in [2.24, 2.45) is 0 Å². The summed E-state index contributed by atoms with van der Waals surface area (Å²) in [4.78, 5) is 0. The lowest BCUT2D eigenvalue weighted by Crippen LogP contribution is -2.27. The highest BCUT2D eigenvalue weighted by Crippen LogP contribution is 2.11. The Hall–Kier alpha value is -2.02. The van der Waals surface area contributed by atoms with Gasteiger partial charge in [0, 0.05) is 16.6 Å². The van der Waals surface area contributed by atoms with Crippen molar-refractivity contribution in [1.29, 1.82) is 0 Å². The number of hydrogen-bond donors (Lipinski definition) is 1. The van der Waals surface area contributed by atoms with Crippen LogP contribution in [0.5, 0.6) is 0 Å². The summed E-state index contributed by atoms with van der Waals surface area (Å²) in [6, 6.07) is 6.29. The molecule has 0 bridgehead atoms. The summed E-state index contributed by atoms with van der Waals surface area (Å²) in [6.07, 6.45) is 14.8. The number of benzene rings is 1. The summed E-state index contributed by atoms with van der Waals surface area (Å²) >= 11 is 0. The van der Waals surface area contributed by atoms with E-state index in [0.29, 0.717) is 0 Å². The van der Waals surface area contributed by atoms with Gasteiger partial charge in [-0.3, -0.25) is 0 Å². The van der Waals surface area contributed by atoms with E-state index in [-0.39, 0.29) is 0 Å². The zero-order chi connectivity index (χ0) is 16.8. The maximum absolute atomic E-state index is 3.79. The predicted octanol–water partition coefficient (Wildman–Crippen LogP) is 5.15. The number of anilines is 1. The molecule has 0 aromatic heterocycles. The Bertz CT molecular complexity index is 603. The third-order valence-corrected chi connectivity index (χ3v) is 3.01. The van der Waals surface area contributed by atoms with E-state index in [2.05, 4.69) is 61.3 Å². The minimum absolute atomic E-state index is 1.11. The van der Waals surface area contributed by atoms with Gasteiger partial charge in [0.25, 0.3) is 0 Å². The second-order valence-corrected chi connectivity index (χ2v) is 4.26. The van der Waals surface area contributed by atoms with Crippen molar-refractivity contribution in [2.75, 3.05) is 5.32 Å². The van der Waals surface area contributed by atoms with Gasteiger partial charge in [-0.2, -0.15) is 0 Å². The highest BCUT2D eigenvalue weighted by atomic mass is 14.9. The first-order valence-electron chi connectivity index (χ1n) is 8.37. The standard InChI is InChI=1S/C17H19N.2C2H6/c1-3-9-16-14(4-2)10-8-13-17(16)18-15-11-6-5-7-12-15;2*1-2/h3-4,6,8-13,18H,1,5,7H2,2H3;2*1-2H3/b14-4-,16-9+;;. The van der Waals surface area contributed by atoms with Crippen LogP contribution in [-0.2, 0) is 0 Å². The Labute approximate surface area is 136 Å². The number of nitrogens with one attached hydrogen (secondary N) is 1. The first-order valence-corrected chi connectivity index (χ1v) is 8.37. The normalized spacial score (nSPS) is 14.1. The average Bonchev–Trinajstić information content (AvgIpc) is 2.61. The molecule has 0 fully saturated rings. The molecular weight excluding hydrogens is 266 g/mol. The molecule has 1 nitrogen and oxygen atoms in total. The van der Waals surface area contributed by atoms with Crippen LogP contribution in [0.3, 0.4) is 0 Å². The van der Waals surface area contributed by atoms with E-state index in [1.54, 1.807) is 0 Å². The van der Waals surface area contributed by atoms with E-state index in [9.17, 15) is 0 Å². The fraction of sp³-hybridized carbons (Fsp3) is 0.333. The van der Waals surface area contributed by atoms with E-state index < -0.39 is 0 Å². The predicted molar refractivity (Wildman–Crippen MR) is 103 cm³/mol. The lowest BCUT2D eigenvalue weighted by Gasteiger charge is -2.11. The van der Waals surface area contributed by atoms with Crippen LogP contribution < -0.4 is 15.8 Å². The minimum Gasteiger partial charge on any atom is -0.355 e. The van der Waals surface area contributed by atoms with E-state index in [4.69, 9.17) is 0 Å². The molecule has 0 amide bonds. The Kier molecular flexibility index (Phi) is 11.5. The monoisotopic (exact) mass is 297 g/mol. The Morgan fingerprint density at radius 3 is 2.36 bits per heavy atom. The highest BCUT2D eigenvalue weighted by molar-refractivity contribution is 5.58. The van der Waals surface area contributed by atoms with Crippen LogP contribution in [0, 0.1) is 0 Å². The van der Waals surface area contributed by atoms with Crippen LogP contribution in [0.1, 0.15) is 47.5 Å². The Morgan fingerprint density at radius 2 is 1.82 bits per heavy atom. The molecule has 120 valence electrons. The second-order valence-electron chi connectivity index (χ2n) is 4.26. The number of hydrogen-bond acceptors (Lipinski definition) is 1. The summed E-state index contributed by atoms with van der Waals surface area (Å²) < 4.78 is 0. The van der Waals surface area contributed by atoms with Crippen molar-refractivity contribution >= 4 is 17.8 Å². The largest absolute Gasteiger partial charge is 0.355 e. The van der Waals surface area contributed by atoms with E-state index in [0.717, 1.165) is 18.5 Å². The number of rotatable bonds is 3. The van der Waals surface area contributed by atoms with Gasteiger partial charge >= 0.3 is 0 Å². The maximum atomic E-state index is 3.79. The first kappa shape index (κ1) is 20.0. The van der Waals surface area contributed by atoms with Gasteiger partial charge in [-0.05, 0) is 37.1 Å². The summed E-state index contributed by atoms with van der Waals surface area (Å²) in [5.41, 5.74) is 2.30. The molecule has 0 spiro atoms. The van der Waals surface area contributed by atoms with Gasteiger partial charge in [0.15, 0.2) is 0 Å². The van der Waals surface area contributed by atoms with Crippen molar-refractivity contribution in [2.45, 2.75) is 47.5 Å². The number of allylic oxidation sites excluding steroid dienone is 4. The van der Waals surface area contributed by atoms with Gasteiger partial charge in [-0.15, -0.1) is 0 Å². The fourth-order valence-electron chi connectivity index (χ4n) is 2.11. The third kappa shape index (κ3) is 6.17. The molecule has 2 rings (SSSR count). The zero-order valence-corrected chi connectivity index (χ0v) is 14.8. The van der Waals surface area contributed by atoms with Gasteiger partial charge in [0.1, 0.15) is 0 Å². The molecule has 0 unspecified atom stereocenters. The Balaban J connectivity index is 0.00000102. The Morgan fingerprint density at radius 1 is 1.09 bits per heavy atom. The van der Waals surface area contributed by atoms with Crippen LogP contribution in [0.15, 0.2) is 54.8 Å². The van der Waals surface area contributed by atoms with Gasteiger partial charge in [0.2, 0.25) is 0 Å². The summed E-state index contributed by atoms with van der Waals surface area (Å²) in [5, 5.41) is 5.90. The SMILES string of the molecule is C=C/C=c1/c(NC2=CCCC=C2)ccc/c1=C/C.CC.CC. The smallest absolute Gasteiger partial charge is 0.0463 e. The average molecular weight is 297 g/mol. The molecule has 0 saturated carbocycles. The van der Waals surface area contributed by atoms with Crippen LogP contribution >= 0.6 is 0 Å². The zero-order valence-electron chi connectivity index (χ0n) is 14.8. The van der Waals surface area contributed by atoms with Gasteiger partial charge in [-0.1, -0.05) is 76.8 Å². The molecule has 0 atom stereocenters. The van der Waals surface area contributed by atoms with E-state index in [1.807, 2.05) is 39.8 Å². The quantitative estimate of drug-likeness (QED) is 0.813. The fourth-order valence-corrected chi connectivity index (χ4v) is 2.11. The molecular formula is C21H31N. The molecule has 1 aromatic carbocycles. The molecule has 1 N–H and O–H groups in total. The molecule has 0 heterocycles. The first-order chi connectivity index (χ1) is 10.8. The van der Waals surface area contributed by atoms with Crippen LogP contribution in [0.25, 0.3) is 12.2 Å².